The second-order valence-corrected chi connectivity index (χ2v) is 6.78. The van der Waals surface area contributed by atoms with Gasteiger partial charge in [-0.25, -0.2) is 0 Å². The predicted molar refractivity (Wildman–Crippen MR) is 86.8 cm³/mol. The normalized spacial score (nSPS) is 28.1. The molecule has 2 aliphatic rings. The number of hydrogen-bond acceptors (Lipinski definition) is 4. The van der Waals surface area contributed by atoms with Crippen LogP contribution in [0.2, 0.25) is 0 Å². The maximum absolute atomic E-state index is 5.71. The van der Waals surface area contributed by atoms with E-state index in [9.17, 15) is 0 Å². The quantitative estimate of drug-likeness (QED) is 0.698. The van der Waals surface area contributed by atoms with Gasteiger partial charge >= 0.3 is 0 Å². The number of nitrogens with zero attached hydrogens (tertiary/aromatic N) is 1. The predicted octanol–water partition coefficient (Wildman–Crippen LogP) is 2.42. The van der Waals surface area contributed by atoms with E-state index >= 15 is 0 Å². The van der Waals surface area contributed by atoms with Gasteiger partial charge in [0.25, 0.3) is 0 Å². The molecule has 0 amide bonds. The molecule has 1 N–H and O–H groups in total. The monoisotopic (exact) mass is 298 g/mol. The van der Waals surface area contributed by atoms with Gasteiger partial charge in [0.15, 0.2) is 0 Å². The topological polar surface area (TPSA) is 33.7 Å². The summed E-state index contributed by atoms with van der Waals surface area (Å²) in [6.45, 7) is 10.8. The summed E-state index contributed by atoms with van der Waals surface area (Å²) < 4.78 is 11.3. The fourth-order valence-electron chi connectivity index (χ4n) is 3.31. The zero-order valence-electron chi connectivity index (χ0n) is 14.0. The maximum atomic E-state index is 5.71. The highest BCUT2D eigenvalue weighted by Crippen LogP contribution is 2.14. The molecule has 2 atom stereocenters. The van der Waals surface area contributed by atoms with Crippen LogP contribution >= 0.6 is 0 Å². The molecule has 2 heterocycles. The smallest absolute Gasteiger partial charge is 0.0809 e. The second-order valence-electron chi connectivity index (χ2n) is 6.78. The molecule has 0 spiro atoms. The van der Waals surface area contributed by atoms with E-state index in [1.165, 1.54) is 45.2 Å². The van der Waals surface area contributed by atoms with Gasteiger partial charge in [-0.2, -0.15) is 0 Å². The molecule has 2 fully saturated rings. The molecule has 0 bridgehead atoms. The van der Waals surface area contributed by atoms with Gasteiger partial charge in [0.2, 0.25) is 0 Å². The van der Waals surface area contributed by atoms with Crippen molar-refractivity contribution in [3.63, 3.8) is 0 Å². The summed E-state index contributed by atoms with van der Waals surface area (Å²) in [7, 11) is 0. The Morgan fingerprint density at radius 1 is 1.19 bits per heavy atom. The van der Waals surface area contributed by atoms with Crippen molar-refractivity contribution >= 4 is 0 Å². The van der Waals surface area contributed by atoms with Crippen LogP contribution in [0, 0.1) is 0 Å². The minimum Gasteiger partial charge on any atom is -0.379 e. The Morgan fingerprint density at radius 3 is 2.86 bits per heavy atom. The Kier molecular flexibility index (Phi) is 8.01. The molecular weight excluding hydrogens is 264 g/mol. The summed E-state index contributed by atoms with van der Waals surface area (Å²) in [6, 6.07) is 1.39. The molecular formula is C17H34N2O2. The van der Waals surface area contributed by atoms with Crippen LogP contribution in [0.25, 0.3) is 0 Å². The summed E-state index contributed by atoms with van der Waals surface area (Å²) in [5.74, 6) is 0. The van der Waals surface area contributed by atoms with E-state index in [4.69, 9.17) is 9.47 Å². The lowest BCUT2D eigenvalue weighted by atomic mass is 10.1. The molecule has 0 saturated carbocycles. The third-order valence-electron chi connectivity index (χ3n) is 4.72. The Bertz CT molecular complexity index is 268. The minimum atomic E-state index is 0.363. The van der Waals surface area contributed by atoms with Crippen LogP contribution < -0.4 is 5.32 Å². The molecule has 21 heavy (non-hydrogen) atoms. The van der Waals surface area contributed by atoms with Crippen molar-refractivity contribution in [2.75, 3.05) is 39.5 Å². The molecule has 0 aromatic rings. The summed E-state index contributed by atoms with van der Waals surface area (Å²) in [4.78, 5) is 2.60. The van der Waals surface area contributed by atoms with Gasteiger partial charge in [-0.15, -0.1) is 0 Å². The summed E-state index contributed by atoms with van der Waals surface area (Å²) in [6.07, 6.45) is 7.77. The fourth-order valence-corrected chi connectivity index (χ4v) is 3.31. The highest BCUT2D eigenvalue weighted by molar-refractivity contribution is 4.76. The van der Waals surface area contributed by atoms with Crippen molar-refractivity contribution in [2.24, 2.45) is 0 Å². The van der Waals surface area contributed by atoms with Crippen molar-refractivity contribution in [3.05, 3.63) is 0 Å². The molecule has 4 nitrogen and oxygen atoms in total. The molecule has 0 aromatic carbocycles. The standard InChI is InChI=1S/C17H34N2O2/c1-15(2)19-10-3-6-16(8-11-19)18-9-5-12-20-14-17-7-4-13-21-17/h15-18H,3-14H2,1-2H3. The molecule has 0 aromatic heterocycles. The minimum absolute atomic E-state index is 0.363. The fraction of sp³-hybridized carbons (Fsp3) is 1.00. The summed E-state index contributed by atoms with van der Waals surface area (Å²) in [5, 5.41) is 3.71. The zero-order chi connectivity index (χ0) is 14.9. The Balaban J connectivity index is 1.46. The highest BCUT2D eigenvalue weighted by atomic mass is 16.5. The Labute approximate surface area is 130 Å². The molecule has 2 unspecified atom stereocenters. The van der Waals surface area contributed by atoms with E-state index in [0.717, 1.165) is 32.8 Å². The van der Waals surface area contributed by atoms with Gasteiger partial charge in [-0.05, 0) is 72.0 Å². The van der Waals surface area contributed by atoms with Crippen molar-refractivity contribution < 1.29 is 9.47 Å². The third-order valence-corrected chi connectivity index (χ3v) is 4.72. The van der Waals surface area contributed by atoms with E-state index in [0.29, 0.717) is 18.2 Å². The van der Waals surface area contributed by atoms with Crippen LogP contribution in [-0.4, -0.2) is 62.5 Å². The molecule has 124 valence electrons. The Hall–Kier alpha value is -0.160. The Morgan fingerprint density at radius 2 is 2.10 bits per heavy atom. The zero-order valence-corrected chi connectivity index (χ0v) is 14.0. The van der Waals surface area contributed by atoms with Crippen molar-refractivity contribution in [1.29, 1.82) is 0 Å². The summed E-state index contributed by atoms with van der Waals surface area (Å²) >= 11 is 0. The van der Waals surface area contributed by atoms with Gasteiger partial charge in [-0.1, -0.05) is 0 Å². The highest BCUT2D eigenvalue weighted by Gasteiger charge is 2.18. The first-order chi connectivity index (χ1) is 10.3. The van der Waals surface area contributed by atoms with Crippen LogP contribution in [-0.2, 0) is 9.47 Å². The second kappa shape index (κ2) is 9.78. The molecule has 0 aliphatic carbocycles. The number of rotatable bonds is 8. The third kappa shape index (κ3) is 6.64. The largest absolute Gasteiger partial charge is 0.379 e. The van der Waals surface area contributed by atoms with E-state index in [2.05, 4.69) is 24.1 Å². The van der Waals surface area contributed by atoms with E-state index in [1.54, 1.807) is 0 Å². The van der Waals surface area contributed by atoms with Crippen LogP contribution in [0.15, 0.2) is 0 Å². The van der Waals surface area contributed by atoms with Gasteiger partial charge in [-0.3, -0.25) is 0 Å². The number of hydrogen-bond donors (Lipinski definition) is 1. The van der Waals surface area contributed by atoms with Crippen LogP contribution in [0.4, 0.5) is 0 Å². The van der Waals surface area contributed by atoms with Crippen molar-refractivity contribution in [2.45, 2.75) is 70.6 Å². The maximum Gasteiger partial charge on any atom is 0.0809 e. The molecule has 2 aliphatic heterocycles. The average molecular weight is 298 g/mol. The van der Waals surface area contributed by atoms with Gasteiger partial charge in [0.1, 0.15) is 0 Å². The van der Waals surface area contributed by atoms with Crippen molar-refractivity contribution in [3.8, 4) is 0 Å². The van der Waals surface area contributed by atoms with Gasteiger partial charge in [0.05, 0.1) is 12.7 Å². The van der Waals surface area contributed by atoms with E-state index in [-0.39, 0.29) is 0 Å². The van der Waals surface area contributed by atoms with Crippen LogP contribution in [0.1, 0.15) is 52.4 Å². The van der Waals surface area contributed by atoms with Gasteiger partial charge < -0.3 is 19.7 Å². The first-order valence-corrected chi connectivity index (χ1v) is 8.92. The number of ether oxygens (including phenoxy) is 2. The first-order valence-electron chi connectivity index (χ1n) is 8.92. The number of likely N-dealkylation sites (tertiary alicyclic amines) is 1. The van der Waals surface area contributed by atoms with Crippen molar-refractivity contribution in [1.82, 2.24) is 10.2 Å². The average Bonchev–Trinajstić information content (AvgIpc) is 2.86. The van der Waals surface area contributed by atoms with E-state index < -0.39 is 0 Å². The molecule has 2 rings (SSSR count). The van der Waals surface area contributed by atoms with Crippen LogP contribution in [0.3, 0.4) is 0 Å². The lowest BCUT2D eigenvalue weighted by molar-refractivity contribution is 0.0165. The summed E-state index contributed by atoms with van der Waals surface area (Å²) in [5.41, 5.74) is 0. The molecule has 0 radical (unpaired) electrons. The molecule has 4 heteroatoms. The molecule has 2 saturated heterocycles. The lowest BCUT2D eigenvalue weighted by Gasteiger charge is -2.24. The number of nitrogens with one attached hydrogen (secondary N) is 1. The van der Waals surface area contributed by atoms with E-state index in [1.807, 2.05) is 0 Å². The first kappa shape index (κ1) is 17.2. The van der Waals surface area contributed by atoms with Gasteiger partial charge in [0, 0.05) is 25.3 Å². The van der Waals surface area contributed by atoms with Crippen LogP contribution in [0.5, 0.6) is 0 Å². The SMILES string of the molecule is CC(C)N1CCCC(NCCCOCC2CCCO2)CC1. The lowest BCUT2D eigenvalue weighted by Crippen LogP contribution is -2.34.